The topological polar surface area (TPSA) is 58.7 Å². The summed E-state index contributed by atoms with van der Waals surface area (Å²) in [6.07, 6.45) is 2.02. The van der Waals surface area contributed by atoms with Crippen LogP contribution in [0.3, 0.4) is 0 Å². The molecule has 1 aromatic heterocycles. The number of nitrogens with zero attached hydrogens (tertiary/aromatic N) is 2. The molecule has 1 aliphatic heterocycles. The number of aromatic nitrogens is 1. The van der Waals surface area contributed by atoms with Gasteiger partial charge in [0.15, 0.2) is 0 Å². The molecule has 0 spiro atoms. The van der Waals surface area contributed by atoms with Crippen LogP contribution < -0.4 is 0 Å². The first-order valence-electron chi connectivity index (χ1n) is 7.70. The third-order valence-corrected chi connectivity index (χ3v) is 3.86. The van der Waals surface area contributed by atoms with Crippen molar-refractivity contribution < 1.29 is 14.4 Å². The van der Waals surface area contributed by atoms with Crippen molar-refractivity contribution in [1.29, 1.82) is 0 Å². The standard InChI is InChI=1S/C16H28N2O3/c1-16(2,3)15-9-11(17-21-15)8-12-6-7-13(19)14(20-12)10-18(4)5/h9,12-14,19H,6-8,10H2,1-5H3. The molecule has 5 heteroatoms. The molecule has 0 saturated carbocycles. The van der Waals surface area contributed by atoms with E-state index in [0.717, 1.165) is 37.3 Å². The van der Waals surface area contributed by atoms with E-state index in [-0.39, 0.29) is 23.7 Å². The van der Waals surface area contributed by atoms with Crippen LogP contribution in [0.1, 0.15) is 45.1 Å². The van der Waals surface area contributed by atoms with Gasteiger partial charge in [-0.2, -0.15) is 0 Å². The van der Waals surface area contributed by atoms with Crippen LogP contribution in [0.15, 0.2) is 10.6 Å². The van der Waals surface area contributed by atoms with Gasteiger partial charge in [0.2, 0.25) is 0 Å². The molecule has 1 N–H and O–H groups in total. The lowest BCUT2D eigenvalue weighted by molar-refractivity contribution is -0.122. The molecular weight excluding hydrogens is 268 g/mol. The van der Waals surface area contributed by atoms with Crippen molar-refractivity contribution in [2.24, 2.45) is 0 Å². The Hall–Kier alpha value is -0.910. The fourth-order valence-corrected chi connectivity index (χ4v) is 2.62. The maximum atomic E-state index is 10.0. The van der Waals surface area contributed by atoms with E-state index in [4.69, 9.17) is 9.26 Å². The summed E-state index contributed by atoms with van der Waals surface area (Å²) in [4.78, 5) is 2.05. The van der Waals surface area contributed by atoms with Crippen molar-refractivity contribution in [1.82, 2.24) is 10.1 Å². The summed E-state index contributed by atoms with van der Waals surface area (Å²) in [5, 5.41) is 14.2. The van der Waals surface area contributed by atoms with Crippen molar-refractivity contribution in [2.45, 2.75) is 63.8 Å². The molecule has 0 radical (unpaired) electrons. The summed E-state index contributed by atoms with van der Waals surface area (Å²) in [6, 6.07) is 2.02. The summed E-state index contributed by atoms with van der Waals surface area (Å²) in [7, 11) is 3.99. The minimum atomic E-state index is -0.369. The molecule has 1 saturated heterocycles. The number of aliphatic hydroxyl groups is 1. The van der Waals surface area contributed by atoms with Gasteiger partial charge in [0.05, 0.1) is 24.0 Å². The average molecular weight is 296 g/mol. The Bertz CT molecular complexity index is 451. The van der Waals surface area contributed by atoms with Crippen molar-refractivity contribution in [3.8, 4) is 0 Å². The second-order valence-corrected chi connectivity index (χ2v) is 7.34. The normalized spacial score (nSPS) is 27.3. The zero-order chi connectivity index (χ0) is 15.6. The molecule has 2 rings (SSSR count). The molecular formula is C16H28N2O3. The highest BCUT2D eigenvalue weighted by Gasteiger charge is 2.31. The van der Waals surface area contributed by atoms with Gasteiger partial charge >= 0.3 is 0 Å². The first kappa shape index (κ1) is 16.5. The predicted octanol–water partition coefficient (Wildman–Crippen LogP) is 1.98. The van der Waals surface area contributed by atoms with Crippen LogP contribution in [0.25, 0.3) is 0 Å². The van der Waals surface area contributed by atoms with Gasteiger partial charge in [-0.1, -0.05) is 25.9 Å². The zero-order valence-corrected chi connectivity index (χ0v) is 13.8. The highest BCUT2D eigenvalue weighted by atomic mass is 16.5. The first-order valence-corrected chi connectivity index (χ1v) is 7.70. The van der Waals surface area contributed by atoms with Crippen LogP contribution in [0.2, 0.25) is 0 Å². The molecule has 3 atom stereocenters. The van der Waals surface area contributed by atoms with Crippen LogP contribution in [0, 0.1) is 0 Å². The third-order valence-electron chi connectivity index (χ3n) is 3.86. The number of hydrogen-bond donors (Lipinski definition) is 1. The lowest BCUT2D eigenvalue weighted by Gasteiger charge is -2.35. The fraction of sp³-hybridized carbons (Fsp3) is 0.812. The van der Waals surface area contributed by atoms with Crippen molar-refractivity contribution >= 4 is 0 Å². The zero-order valence-electron chi connectivity index (χ0n) is 13.8. The number of aliphatic hydroxyl groups excluding tert-OH is 1. The Morgan fingerprint density at radius 3 is 2.62 bits per heavy atom. The van der Waals surface area contributed by atoms with Gasteiger partial charge in [-0.15, -0.1) is 0 Å². The smallest absolute Gasteiger partial charge is 0.142 e. The molecule has 1 aromatic rings. The van der Waals surface area contributed by atoms with Crippen LogP contribution in [0.5, 0.6) is 0 Å². The predicted molar refractivity (Wildman–Crippen MR) is 81.4 cm³/mol. The van der Waals surface area contributed by atoms with E-state index in [0.29, 0.717) is 0 Å². The van der Waals surface area contributed by atoms with Crippen LogP contribution >= 0.6 is 0 Å². The van der Waals surface area contributed by atoms with Gasteiger partial charge in [-0.25, -0.2) is 0 Å². The molecule has 0 amide bonds. The van der Waals surface area contributed by atoms with Gasteiger partial charge in [0.1, 0.15) is 5.76 Å². The van der Waals surface area contributed by atoms with Crippen molar-refractivity contribution in [2.75, 3.05) is 20.6 Å². The summed E-state index contributed by atoms with van der Waals surface area (Å²) < 4.78 is 11.5. The lowest BCUT2D eigenvalue weighted by atomic mass is 9.92. The quantitative estimate of drug-likeness (QED) is 0.920. The second-order valence-electron chi connectivity index (χ2n) is 7.34. The summed E-state index contributed by atoms with van der Waals surface area (Å²) in [5.41, 5.74) is 0.910. The van der Waals surface area contributed by atoms with Crippen LogP contribution in [-0.2, 0) is 16.6 Å². The number of likely N-dealkylation sites (N-methyl/N-ethyl adjacent to an activating group) is 1. The lowest BCUT2D eigenvalue weighted by Crippen LogP contribution is -2.45. The van der Waals surface area contributed by atoms with Gasteiger partial charge in [-0.05, 0) is 26.9 Å². The van der Waals surface area contributed by atoms with Crippen LogP contribution in [-0.4, -0.2) is 54.1 Å². The van der Waals surface area contributed by atoms with Crippen molar-refractivity contribution in [3.63, 3.8) is 0 Å². The van der Waals surface area contributed by atoms with Crippen molar-refractivity contribution in [3.05, 3.63) is 17.5 Å². The molecule has 2 heterocycles. The SMILES string of the molecule is CN(C)CC1OC(Cc2cc(C(C)(C)C)on2)CCC1O. The van der Waals surface area contributed by atoms with Gasteiger partial charge in [0, 0.05) is 24.4 Å². The highest BCUT2D eigenvalue weighted by molar-refractivity contribution is 5.13. The molecule has 0 bridgehead atoms. The van der Waals surface area contributed by atoms with Gasteiger partial charge in [-0.3, -0.25) is 0 Å². The van der Waals surface area contributed by atoms with E-state index >= 15 is 0 Å². The van der Waals surface area contributed by atoms with E-state index in [2.05, 4.69) is 25.9 Å². The first-order chi connectivity index (χ1) is 9.75. The Morgan fingerprint density at radius 1 is 1.33 bits per heavy atom. The third kappa shape index (κ3) is 4.53. The Balaban J connectivity index is 1.95. The number of hydrogen-bond acceptors (Lipinski definition) is 5. The van der Waals surface area contributed by atoms with E-state index < -0.39 is 0 Å². The minimum Gasteiger partial charge on any atom is -0.390 e. The highest BCUT2D eigenvalue weighted by Crippen LogP contribution is 2.26. The average Bonchev–Trinajstić information content (AvgIpc) is 2.81. The largest absolute Gasteiger partial charge is 0.390 e. The molecule has 21 heavy (non-hydrogen) atoms. The minimum absolute atomic E-state index is 0.0255. The maximum absolute atomic E-state index is 10.0. The summed E-state index contributed by atoms with van der Waals surface area (Å²) in [6.45, 7) is 7.07. The van der Waals surface area contributed by atoms with Gasteiger partial charge in [0.25, 0.3) is 0 Å². The Labute approximate surface area is 127 Å². The van der Waals surface area contributed by atoms with E-state index in [1.165, 1.54) is 0 Å². The molecule has 3 unspecified atom stereocenters. The summed E-state index contributed by atoms with van der Waals surface area (Å²) >= 11 is 0. The van der Waals surface area contributed by atoms with Crippen LogP contribution in [0.4, 0.5) is 0 Å². The van der Waals surface area contributed by atoms with E-state index in [9.17, 15) is 5.11 Å². The molecule has 1 aliphatic rings. The Morgan fingerprint density at radius 2 is 2.05 bits per heavy atom. The van der Waals surface area contributed by atoms with E-state index in [1.807, 2.05) is 25.1 Å². The van der Waals surface area contributed by atoms with Gasteiger partial charge < -0.3 is 19.3 Å². The number of rotatable bonds is 4. The molecule has 0 aliphatic carbocycles. The second kappa shape index (κ2) is 6.46. The van der Waals surface area contributed by atoms with E-state index in [1.54, 1.807) is 0 Å². The fourth-order valence-electron chi connectivity index (χ4n) is 2.62. The molecule has 1 fully saturated rings. The number of ether oxygens (including phenoxy) is 1. The monoisotopic (exact) mass is 296 g/mol. The maximum Gasteiger partial charge on any atom is 0.142 e. The molecule has 0 aromatic carbocycles. The molecule has 120 valence electrons. The Kier molecular flexibility index (Phi) is 5.07. The molecule has 5 nitrogen and oxygen atoms in total. The summed E-state index contributed by atoms with van der Waals surface area (Å²) in [5.74, 6) is 0.901.